The summed E-state index contributed by atoms with van der Waals surface area (Å²) in [5.74, 6) is -0.338. The first-order valence-electron chi connectivity index (χ1n) is 7.22. The Morgan fingerprint density at radius 3 is 2.63 bits per heavy atom. The van der Waals surface area contributed by atoms with Gasteiger partial charge in [0.2, 0.25) is 0 Å². The van der Waals surface area contributed by atoms with Crippen LogP contribution in [0.15, 0.2) is 0 Å². The molecule has 0 aromatic carbocycles. The van der Waals surface area contributed by atoms with Gasteiger partial charge in [-0.3, -0.25) is 4.79 Å². The van der Waals surface area contributed by atoms with Crippen molar-refractivity contribution in [3.63, 3.8) is 0 Å². The van der Waals surface area contributed by atoms with Gasteiger partial charge in [0.05, 0.1) is 19.1 Å². The van der Waals surface area contributed by atoms with E-state index in [1.54, 1.807) is 6.92 Å². The van der Waals surface area contributed by atoms with Crippen LogP contribution in [0.5, 0.6) is 0 Å². The molecule has 0 amide bonds. The van der Waals surface area contributed by atoms with Crippen LogP contribution in [0.4, 0.5) is 0 Å². The molecule has 1 atom stereocenters. The standard InChI is InChI=1S/C14H30N2O3/c1-5-19-14(18)10-13(17)11-15-8-6-7-9-16(4)12(2)3/h12-13,15,17H,5-11H2,1-4H3. The number of rotatable bonds is 11. The van der Waals surface area contributed by atoms with E-state index in [0.717, 1.165) is 25.9 Å². The van der Waals surface area contributed by atoms with Gasteiger partial charge in [0, 0.05) is 12.6 Å². The van der Waals surface area contributed by atoms with E-state index in [-0.39, 0.29) is 12.4 Å². The lowest BCUT2D eigenvalue weighted by molar-refractivity contribution is -0.145. The Bertz CT molecular complexity index is 235. The molecule has 0 bridgehead atoms. The highest BCUT2D eigenvalue weighted by Crippen LogP contribution is 1.98. The van der Waals surface area contributed by atoms with Gasteiger partial charge in [0.25, 0.3) is 0 Å². The molecular formula is C14H30N2O3. The number of nitrogens with one attached hydrogen (secondary N) is 1. The summed E-state index contributed by atoms with van der Waals surface area (Å²) < 4.78 is 4.77. The third-order valence-electron chi connectivity index (χ3n) is 3.08. The molecule has 0 saturated carbocycles. The van der Waals surface area contributed by atoms with E-state index >= 15 is 0 Å². The summed E-state index contributed by atoms with van der Waals surface area (Å²) in [7, 11) is 2.13. The molecule has 0 aliphatic rings. The van der Waals surface area contributed by atoms with Gasteiger partial charge in [-0.15, -0.1) is 0 Å². The predicted octanol–water partition coefficient (Wildman–Crippen LogP) is 1.01. The minimum absolute atomic E-state index is 0.0664. The number of carbonyl (C=O) groups excluding carboxylic acids is 1. The number of hydrogen-bond donors (Lipinski definition) is 2. The minimum Gasteiger partial charge on any atom is -0.466 e. The normalized spacial score (nSPS) is 13.0. The maximum absolute atomic E-state index is 11.1. The Morgan fingerprint density at radius 1 is 1.37 bits per heavy atom. The fourth-order valence-corrected chi connectivity index (χ4v) is 1.62. The molecule has 0 radical (unpaired) electrons. The van der Waals surface area contributed by atoms with E-state index < -0.39 is 6.10 Å². The molecule has 0 fully saturated rings. The number of aliphatic hydroxyl groups is 1. The summed E-state index contributed by atoms with van der Waals surface area (Å²) in [5, 5.41) is 12.8. The first-order chi connectivity index (χ1) is 8.97. The topological polar surface area (TPSA) is 61.8 Å². The Hall–Kier alpha value is -0.650. The zero-order valence-electron chi connectivity index (χ0n) is 12.8. The molecule has 2 N–H and O–H groups in total. The second-order valence-electron chi connectivity index (χ2n) is 5.15. The smallest absolute Gasteiger partial charge is 0.308 e. The molecular weight excluding hydrogens is 244 g/mol. The van der Waals surface area contributed by atoms with Crippen LogP contribution in [0.3, 0.4) is 0 Å². The third-order valence-corrected chi connectivity index (χ3v) is 3.08. The van der Waals surface area contributed by atoms with Crippen LogP contribution in [0.25, 0.3) is 0 Å². The maximum Gasteiger partial charge on any atom is 0.308 e. The number of esters is 1. The van der Waals surface area contributed by atoms with Crippen molar-refractivity contribution in [3.05, 3.63) is 0 Å². The number of unbranched alkanes of at least 4 members (excludes halogenated alkanes) is 1. The molecule has 5 heteroatoms. The molecule has 114 valence electrons. The predicted molar refractivity (Wildman–Crippen MR) is 77.1 cm³/mol. The van der Waals surface area contributed by atoms with E-state index in [0.29, 0.717) is 19.2 Å². The first-order valence-corrected chi connectivity index (χ1v) is 7.22. The number of hydrogen-bond acceptors (Lipinski definition) is 5. The monoisotopic (exact) mass is 274 g/mol. The van der Waals surface area contributed by atoms with Crippen LogP contribution in [-0.4, -0.2) is 61.4 Å². The first kappa shape index (κ1) is 18.4. The Labute approximate surface area is 117 Å². The molecule has 0 aromatic rings. The largest absolute Gasteiger partial charge is 0.466 e. The molecule has 0 saturated heterocycles. The molecule has 1 unspecified atom stereocenters. The van der Waals surface area contributed by atoms with Gasteiger partial charge < -0.3 is 20.1 Å². The van der Waals surface area contributed by atoms with Crippen LogP contribution in [0.1, 0.15) is 40.0 Å². The van der Waals surface area contributed by atoms with Crippen LogP contribution in [-0.2, 0) is 9.53 Å². The van der Waals surface area contributed by atoms with Crippen LogP contribution in [0.2, 0.25) is 0 Å². The zero-order chi connectivity index (χ0) is 14.7. The molecule has 0 aliphatic heterocycles. The number of aliphatic hydroxyl groups excluding tert-OH is 1. The summed E-state index contributed by atoms with van der Waals surface area (Å²) in [4.78, 5) is 13.4. The molecule has 19 heavy (non-hydrogen) atoms. The molecule has 0 aliphatic carbocycles. The lowest BCUT2D eigenvalue weighted by atomic mass is 10.2. The number of ether oxygens (including phenoxy) is 1. The molecule has 0 aromatic heterocycles. The van der Waals surface area contributed by atoms with Gasteiger partial charge in [0.15, 0.2) is 0 Å². The van der Waals surface area contributed by atoms with Gasteiger partial charge in [0.1, 0.15) is 0 Å². The van der Waals surface area contributed by atoms with Crippen molar-refractivity contribution in [1.29, 1.82) is 0 Å². The fourth-order valence-electron chi connectivity index (χ4n) is 1.62. The second kappa shape index (κ2) is 11.2. The lowest BCUT2D eigenvalue weighted by Crippen LogP contribution is -2.31. The summed E-state index contributed by atoms with van der Waals surface area (Å²) in [6.07, 6.45) is 1.62. The number of carbonyl (C=O) groups is 1. The van der Waals surface area contributed by atoms with Crippen LogP contribution >= 0.6 is 0 Å². The maximum atomic E-state index is 11.1. The van der Waals surface area contributed by atoms with Crippen molar-refractivity contribution >= 4 is 5.97 Å². The van der Waals surface area contributed by atoms with Gasteiger partial charge >= 0.3 is 5.97 Å². The molecule has 0 heterocycles. The quantitative estimate of drug-likeness (QED) is 0.435. The van der Waals surface area contributed by atoms with Crippen molar-refractivity contribution < 1.29 is 14.6 Å². The Kier molecular flexibility index (Phi) is 10.8. The van der Waals surface area contributed by atoms with Crippen molar-refractivity contribution in [3.8, 4) is 0 Å². The Morgan fingerprint density at radius 2 is 2.05 bits per heavy atom. The highest BCUT2D eigenvalue weighted by atomic mass is 16.5. The molecule has 5 nitrogen and oxygen atoms in total. The van der Waals surface area contributed by atoms with Crippen molar-refractivity contribution in [1.82, 2.24) is 10.2 Å². The van der Waals surface area contributed by atoms with E-state index in [2.05, 4.69) is 31.1 Å². The van der Waals surface area contributed by atoms with E-state index in [4.69, 9.17) is 4.74 Å². The van der Waals surface area contributed by atoms with Crippen molar-refractivity contribution in [2.45, 2.75) is 52.2 Å². The molecule has 0 spiro atoms. The summed E-state index contributed by atoms with van der Waals surface area (Å²) in [6.45, 7) is 8.89. The van der Waals surface area contributed by atoms with E-state index in [9.17, 15) is 9.90 Å². The fraction of sp³-hybridized carbons (Fsp3) is 0.929. The third kappa shape index (κ3) is 10.9. The average Bonchev–Trinajstić information content (AvgIpc) is 2.33. The van der Waals surface area contributed by atoms with E-state index in [1.165, 1.54) is 0 Å². The van der Waals surface area contributed by atoms with Crippen molar-refractivity contribution in [2.75, 3.05) is 33.3 Å². The highest BCUT2D eigenvalue weighted by Gasteiger charge is 2.10. The summed E-state index contributed by atoms with van der Waals surface area (Å²) in [6, 6.07) is 0.583. The van der Waals surface area contributed by atoms with Gasteiger partial charge in [-0.25, -0.2) is 0 Å². The second-order valence-corrected chi connectivity index (χ2v) is 5.15. The van der Waals surface area contributed by atoms with Crippen molar-refractivity contribution in [2.24, 2.45) is 0 Å². The SMILES string of the molecule is CCOC(=O)CC(O)CNCCCCN(C)C(C)C. The highest BCUT2D eigenvalue weighted by molar-refractivity contribution is 5.69. The van der Waals surface area contributed by atoms with E-state index in [1.807, 2.05) is 0 Å². The lowest BCUT2D eigenvalue weighted by Gasteiger charge is -2.20. The number of nitrogens with zero attached hydrogens (tertiary/aromatic N) is 1. The van der Waals surface area contributed by atoms with Gasteiger partial charge in [-0.05, 0) is 53.8 Å². The van der Waals surface area contributed by atoms with Gasteiger partial charge in [-0.2, -0.15) is 0 Å². The van der Waals surface area contributed by atoms with Crippen LogP contribution in [0, 0.1) is 0 Å². The molecule has 0 rings (SSSR count). The van der Waals surface area contributed by atoms with Gasteiger partial charge in [-0.1, -0.05) is 0 Å². The zero-order valence-corrected chi connectivity index (χ0v) is 12.8. The summed E-state index contributed by atoms with van der Waals surface area (Å²) in [5.41, 5.74) is 0. The van der Waals surface area contributed by atoms with Crippen LogP contribution < -0.4 is 5.32 Å². The average molecular weight is 274 g/mol. The minimum atomic E-state index is -0.655. The Balaban J connectivity index is 3.41. The summed E-state index contributed by atoms with van der Waals surface area (Å²) >= 11 is 0.